The molecule has 0 bridgehead atoms. The van der Waals surface area contributed by atoms with E-state index in [-0.39, 0.29) is 11.6 Å². The first kappa shape index (κ1) is 17.8. The molecule has 3 rings (SSSR count). The molecule has 0 fully saturated rings. The van der Waals surface area contributed by atoms with E-state index < -0.39 is 12.9 Å². The molecule has 0 saturated carbocycles. The molecule has 0 spiro atoms. The summed E-state index contributed by atoms with van der Waals surface area (Å²) in [7, 11) is -0.967. The molecule has 132 valence electrons. The van der Waals surface area contributed by atoms with E-state index in [1.165, 1.54) is 72.8 Å². The molecule has 0 saturated heterocycles. The lowest BCUT2D eigenvalue weighted by Gasteiger charge is -2.16. The molecule has 0 unspecified atom stereocenters. The van der Waals surface area contributed by atoms with Gasteiger partial charge in [-0.25, -0.2) is 13.2 Å². The van der Waals surface area contributed by atoms with Gasteiger partial charge in [0.25, 0.3) is 0 Å². The molecule has 0 aromatic heterocycles. The molecule has 26 heavy (non-hydrogen) atoms. The Bertz CT molecular complexity index is 781. The standard InChI is InChI=1S/C18H14BF3N2O2/c20-14-3-1-13(2-4-14)19(25-23-17-9-5-15(21)6-10-17)26-24-18-11-7-16(22)8-12-18/h1-12,23-24H. The molecule has 0 radical (unpaired) electrons. The van der Waals surface area contributed by atoms with E-state index >= 15 is 0 Å². The van der Waals surface area contributed by atoms with Gasteiger partial charge < -0.3 is 0 Å². The van der Waals surface area contributed by atoms with Crippen LogP contribution in [0.25, 0.3) is 0 Å². The summed E-state index contributed by atoms with van der Waals surface area (Å²) in [5, 5.41) is 0. The van der Waals surface area contributed by atoms with Crippen molar-refractivity contribution in [2.45, 2.75) is 0 Å². The van der Waals surface area contributed by atoms with Gasteiger partial charge in [-0.2, -0.15) is 0 Å². The maximum Gasteiger partial charge on any atom is 0.538 e. The van der Waals surface area contributed by atoms with Crippen molar-refractivity contribution in [2.75, 3.05) is 11.0 Å². The lowest BCUT2D eigenvalue weighted by molar-refractivity contribution is 0.284. The van der Waals surface area contributed by atoms with Crippen LogP contribution in [0.4, 0.5) is 24.5 Å². The minimum Gasteiger partial charge on any atom is -0.294 e. The second-order valence-electron chi connectivity index (χ2n) is 5.34. The third-order valence-electron chi connectivity index (χ3n) is 3.40. The highest BCUT2D eigenvalue weighted by atomic mass is 19.1. The Hall–Kier alpha value is -2.97. The smallest absolute Gasteiger partial charge is 0.294 e. The Kier molecular flexibility index (Phi) is 5.78. The molecular weight excluding hydrogens is 344 g/mol. The van der Waals surface area contributed by atoms with Gasteiger partial charge in [0.1, 0.15) is 17.5 Å². The largest absolute Gasteiger partial charge is 0.538 e. The van der Waals surface area contributed by atoms with E-state index in [4.69, 9.17) is 9.51 Å². The maximum atomic E-state index is 13.1. The number of hydrogen-bond acceptors (Lipinski definition) is 4. The molecule has 2 N–H and O–H groups in total. The predicted octanol–water partition coefficient (Wildman–Crippen LogP) is 3.89. The lowest BCUT2D eigenvalue weighted by Crippen LogP contribution is -2.40. The van der Waals surface area contributed by atoms with Crippen LogP contribution in [0.3, 0.4) is 0 Å². The summed E-state index contributed by atoms with van der Waals surface area (Å²) in [6, 6.07) is 16.6. The van der Waals surface area contributed by atoms with E-state index in [1.54, 1.807) is 0 Å². The van der Waals surface area contributed by atoms with Crippen LogP contribution >= 0.6 is 0 Å². The van der Waals surface area contributed by atoms with Gasteiger partial charge in [-0.3, -0.25) is 20.5 Å². The van der Waals surface area contributed by atoms with Crippen molar-refractivity contribution >= 4 is 24.0 Å². The van der Waals surface area contributed by atoms with Crippen molar-refractivity contribution in [1.29, 1.82) is 0 Å². The molecule has 0 amide bonds. The van der Waals surface area contributed by atoms with E-state index in [9.17, 15) is 13.2 Å². The van der Waals surface area contributed by atoms with Crippen molar-refractivity contribution in [3.63, 3.8) is 0 Å². The van der Waals surface area contributed by atoms with Crippen molar-refractivity contribution in [3.8, 4) is 0 Å². The Morgan fingerprint density at radius 3 is 1.27 bits per heavy atom. The molecule has 3 aromatic rings. The molecule has 0 atom stereocenters. The third kappa shape index (κ3) is 5.01. The fourth-order valence-electron chi connectivity index (χ4n) is 2.06. The summed E-state index contributed by atoms with van der Waals surface area (Å²) in [5.74, 6) is -1.15. The first-order valence-electron chi connectivity index (χ1n) is 7.70. The van der Waals surface area contributed by atoms with Crippen LogP contribution in [0.2, 0.25) is 0 Å². The van der Waals surface area contributed by atoms with Crippen LogP contribution in [0.15, 0.2) is 72.8 Å². The number of hydrogen-bond donors (Lipinski definition) is 2. The highest BCUT2D eigenvalue weighted by Crippen LogP contribution is 2.11. The van der Waals surface area contributed by atoms with Gasteiger partial charge in [0.15, 0.2) is 0 Å². The van der Waals surface area contributed by atoms with E-state index in [0.717, 1.165) is 0 Å². The fourth-order valence-corrected chi connectivity index (χ4v) is 2.06. The van der Waals surface area contributed by atoms with Crippen LogP contribution < -0.4 is 16.4 Å². The van der Waals surface area contributed by atoms with E-state index in [2.05, 4.69) is 11.0 Å². The maximum absolute atomic E-state index is 13.1. The van der Waals surface area contributed by atoms with Gasteiger partial charge in [0.2, 0.25) is 0 Å². The highest BCUT2D eigenvalue weighted by molar-refractivity contribution is 6.61. The Labute approximate surface area is 148 Å². The second-order valence-corrected chi connectivity index (χ2v) is 5.34. The number of anilines is 2. The zero-order valence-electron chi connectivity index (χ0n) is 13.5. The second kappa shape index (κ2) is 8.42. The van der Waals surface area contributed by atoms with Crippen LogP contribution in [0, 0.1) is 17.5 Å². The quantitative estimate of drug-likeness (QED) is 0.497. The monoisotopic (exact) mass is 358 g/mol. The fraction of sp³-hybridized carbons (Fsp3) is 0. The third-order valence-corrected chi connectivity index (χ3v) is 3.40. The minimum absolute atomic E-state index is 0.375. The van der Waals surface area contributed by atoms with Crippen molar-refractivity contribution < 1.29 is 22.7 Å². The summed E-state index contributed by atoms with van der Waals surface area (Å²) in [4.78, 5) is 0. The Morgan fingerprint density at radius 1 is 0.538 bits per heavy atom. The summed E-state index contributed by atoms with van der Waals surface area (Å²) < 4.78 is 50.0. The zero-order valence-corrected chi connectivity index (χ0v) is 13.5. The van der Waals surface area contributed by atoms with Crippen LogP contribution in [-0.4, -0.2) is 7.12 Å². The summed E-state index contributed by atoms with van der Waals surface area (Å²) in [5.41, 5.74) is 6.82. The summed E-state index contributed by atoms with van der Waals surface area (Å²) >= 11 is 0. The minimum atomic E-state index is -0.967. The molecule has 4 nitrogen and oxygen atoms in total. The number of benzene rings is 3. The molecule has 0 aliphatic rings. The van der Waals surface area contributed by atoms with Gasteiger partial charge in [0, 0.05) is 0 Å². The van der Waals surface area contributed by atoms with Crippen molar-refractivity contribution in [3.05, 3.63) is 90.2 Å². The van der Waals surface area contributed by atoms with Crippen LogP contribution in [0.1, 0.15) is 0 Å². The van der Waals surface area contributed by atoms with Gasteiger partial charge in [-0.1, -0.05) is 12.1 Å². The van der Waals surface area contributed by atoms with Gasteiger partial charge >= 0.3 is 7.12 Å². The summed E-state index contributed by atoms with van der Waals surface area (Å²) in [6.07, 6.45) is 0. The van der Waals surface area contributed by atoms with E-state index in [0.29, 0.717) is 16.8 Å². The lowest BCUT2D eigenvalue weighted by atomic mass is 9.80. The average Bonchev–Trinajstić information content (AvgIpc) is 2.65. The highest BCUT2D eigenvalue weighted by Gasteiger charge is 2.23. The Balaban J connectivity index is 1.69. The number of nitrogens with one attached hydrogen (secondary N) is 2. The van der Waals surface area contributed by atoms with E-state index in [1.807, 2.05) is 0 Å². The summed E-state index contributed by atoms with van der Waals surface area (Å²) in [6.45, 7) is 0. The van der Waals surface area contributed by atoms with Gasteiger partial charge in [0.05, 0.1) is 11.4 Å². The molecule has 0 aliphatic heterocycles. The van der Waals surface area contributed by atoms with Crippen molar-refractivity contribution in [2.24, 2.45) is 0 Å². The number of rotatable bonds is 7. The first-order valence-corrected chi connectivity index (χ1v) is 7.70. The van der Waals surface area contributed by atoms with Crippen LogP contribution in [0.5, 0.6) is 0 Å². The number of halogens is 3. The molecule has 0 aliphatic carbocycles. The molecular formula is C18H14BF3N2O2. The zero-order chi connectivity index (χ0) is 18.4. The Morgan fingerprint density at radius 2 is 0.885 bits per heavy atom. The predicted molar refractivity (Wildman–Crippen MR) is 94.0 cm³/mol. The molecule has 8 heteroatoms. The van der Waals surface area contributed by atoms with Crippen LogP contribution in [-0.2, 0) is 9.51 Å². The van der Waals surface area contributed by atoms with Crippen molar-refractivity contribution in [1.82, 2.24) is 0 Å². The first-order chi connectivity index (χ1) is 12.6. The van der Waals surface area contributed by atoms with Gasteiger partial charge in [-0.05, 0) is 66.1 Å². The topological polar surface area (TPSA) is 42.5 Å². The molecule has 0 heterocycles. The molecule has 3 aromatic carbocycles. The SMILES string of the molecule is Fc1ccc(NOB(ONc2ccc(F)cc2)c2ccc(F)cc2)cc1. The average molecular weight is 358 g/mol. The van der Waals surface area contributed by atoms with Gasteiger partial charge in [-0.15, -0.1) is 0 Å². The normalized spacial score (nSPS) is 10.4.